The maximum atomic E-state index is 12.2. The first-order valence-corrected chi connectivity index (χ1v) is 8.93. The summed E-state index contributed by atoms with van der Waals surface area (Å²) < 4.78 is 20.8. The number of Topliss-reactive ketones (excluding diaryl/α,β-unsaturated/α-hetero) is 1. The molecule has 0 spiro atoms. The maximum absolute atomic E-state index is 12.2. The Bertz CT molecular complexity index is 949. The number of ether oxygens (including phenoxy) is 4. The molecule has 2 aromatic rings. The summed E-state index contributed by atoms with van der Waals surface area (Å²) in [5.74, 6) is 0.186. The number of hydrogen-bond acceptors (Lipinski definition) is 7. The van der Waals surface area contributed by atoms with Gasteiger partial charge in [0.15, 0.2) is 23.9 Å². The van der Waals surface area contributed by atoms with Gasteiger partial charge in [-0.3, -0.25) is 9.59 Å². The van der Waals surface area contributed by atoms with Gasteiger partial charge in [-0.15, -0.1) is 0 Å². The summed E-state index contributed by atoms with van der Waals surface area (Å²) in [7, 11) is 4.50. The third kappa shape index (κ3) is 6.10. The molecule has 0 saturated carbocycles. The van der Waals surface area contributed by atoms with Crippen LogP contribution in [-0.4, -0.2) is 45.6 Å². The fraction of sp³-hybridized carbons (Fsp3) is 0.227. The van der Waals surface area contributed by atoms with Crippen LogP contribution in [0.5, 0.6) is 17.2 Å². The highest BCUT2D eigenvalue weighted by atomic mass is 16.5. The summed E-state index contributed by atoms with van der Waals surface area (Å²) in [5.41, 5.74) is 1.51. The van der Waals surface area contributed by atoms with E-state index >= 15 is 0 Å². The maximum Gasteiger partial charge on any atom is 0.331 e. The molecule has 2 rings (SSSR count). The molecule has 1 amide bonds. The molecule has 1 N–H and O–H groups in total. The molecule has 2 aromatic carbocycles. The number of rotatable bonds is 9. The van der Waals surface area contributed by atoms with Crippen molar-refractivity contribution in [3.05, 3.63) is 53.6 Å². The molecular formula is C22H23NO7. The molecular weight excluding hydrogens is 390 g/mol. The van der Waals surface area contributed by atoms with Crippen LogP contribution in [0.25, 0.3) is 6.08 Å². The summed E-state index contributed by atoms with van der Waals surface area (Å²) in [5, 5.41) is 2.61. The van der Waals surface area contributed by atoms with E-state index in [1.165, 1.54) is 40.4 Å². The highest BCUT2D eigenvalue weighted by Gasteiger charge is 2.12. The Kier molecular flexibility index (Phi) is 7.99. The molecule has 0 unspecified atom stereocenters. The molecule has 0 saturated heterocycles. The molecule has 8 nitrogen and oxygen atoms in total. The summed E-state index contributed by atoms with van der Waals surface area (Å²) in [6.07, 6.45) is 2.69. The molecule has 8 heteroatoms. The Hall–Kier alpha value is -3.81. The number of benzene rings is 2. The van der Waals surface area contributed by atoms with Gasteiger partial charge in [0.25, 0.3) is 0 Å². The summed E-state index contributed by atoms with van der Waals surface area (Å²) in [6, 6.07) is 9.58. The number of esters is 1. The number of anilines is 1. The average Bonchev–Trinajstić information content (AvgIpc) is 2.75. The third-order valence-corrected chi connectivity index (χ3v) is 4.01. The predicted octanol–water partition coefficient (Wildman–Crippen LogP) is 3.11. The summed E-state index contributed by atoms with van der Waals surface area (Å²) in [6.45, 7) is 0.982. The lowest BCUT2D eigenvalue weighted by Gasteiger charge is -2.12. The molecule has 30 heavy (non-hydrogen) atoms. The predicted molar refractivity (Wildman–Crippen MR) is 111 cm³/mol. The second-order valence-electron chi connectivity index (χ2n) is 6.07. The van der Waals surface area contributed by atoms with Crippen molar-refractivity contribution in [2.75, 3.05) is 33.3 Å². The van der Waals surface area contributed by atoms with E-state index in [9.17, 15) is 14.4 Å². The smallest absolute Gasteiger partial charge is 0.331 e. The number of methoxy groups -OCH3 is 3. The zero-order valence-electron chi connectivity index (χ0n) is 17.2. The zero-order chi connectivity index (χ0) is 22.1. The van der Waals surface area contributed by atoms with Crippen molar-refractivity contribution in [1.82, 2.24) is 0 Å². The number of ketones is 1. The van der Waals surface area contributed by atoms with Gasteiger partial charge in [0.1, 0.15) is 5.75 Å². The molecule has 0 radical (unpaired) electrons. The van der Waals surface area contributed by atoms with E-state index in [0.29, 0.717) is 34.1 Å². The van der Waals surface area contributed by atoms with Crippen molar-refractivity contribution >= 4 is 29.4 Å². The highest BCUT2D eigenvalue weighted by molar-refractivity contribution is 5.99. The van der Waals surface area contributed by atoms with Crippen LogP contribution in [0.2, 0.25) is 0 Å². The van der Waals surface area contributed by atoms with Crippen LogP contribution in [0.3, 0.4) is 0 Å². The zero-order valence-corrected chi connectivity index (χ0v) is 17.2. The number of carbonyl (C=O) groups excluding carboxylic acids is 3. The van der Waals surface area contributed by atoms with E-state index in [0.717, 1.165) is 0 Å². The van der Waals surface area contributed by atoms with Crippen molar-refractivity contribution in [2.24, 2.45) is 0 Å². The summed E-state index contributed by atoms with van der Waals surface area (Å²) >= 11 is 0. The quantitative estimate of drug-likeness (QED) is 0.383. The molecule has 0 aliphatic heterocycles. The number of hydrogen-bond donors (Lipinski definition) is 1. The van der Waals surface area contributed by atoms with Crippen LogP contribution in [-0.2, 0) is 14.3 Å². The van der Waals surface area contributed by atoms with Gasteiger partial charge < -0.3 is 24.3 Å². The second-order valence-corrected chi connectivity index (χ2v) is 6.07. The Morgan fingerprint density at radius 2 is 1.50 bits per heavy atom. The van der Waals surface area contributed by atoms with Crippen molar-refractivity contribution < 1.29 is 33.3 Å². The lowest BCUT2D eigenvalue weighted by molar-refractivity contribution is -0.136. The molecule has 0 aromatic heterocycles. The van der Waals surface area contributed by atoms with Crippen LogP contribution < -0.4 is 19.5 Å². The SMILES string of the molecule is COc1cc(OC)c(OC)cc1/C=C/C(=O)OCC(=O)c1ccc(NC(C)=O)cc1. The largest absolute Gasteiger partial charge is 0.496 e. The first-order valence-electron chi connectivity index (χ1n) is 8.93. The fourth-order valence-electron chi connectivity index (χ4n) is 2.55. The number of nitrogens with one attached hydrogen (secondary N) is 1. The van der Waals surface area contributed by atoms with E-state index in [4.69, 9.17) is 18.9 Å². The Morgan fingerprint density at radius 3 is 2.07 bits per heavy atom. The minimum atomic E-state index is -0.685. The van der Waals surface area contributed by atoms with Crippen molar-refractivity contribution in [3.8, 4) is 17.2 Å². The van der Waals surface area contributed by atoms with Crippen LogP contribution in [0.4, 0.5) is 5.69 Å². The molecule has 0 aliphatic carbocycles. The summed E-state index contributed by atoms with van der Waals surface area (Å²) in [4.78, 5) is 35.2. The molecule has 0 heterocycles. The lowest BCUT2D eigenvalue weighted by atomic mass is 10.1. The standard InChI is InChI=1S/C22H23NO7/c1-14(24)23-17-8-5-15(6-9-17)18(25)13-30-22(26)10-7-16-11-20(28-3)21(29-4)12-19(16)27-2/h5-12H,13H2,1-4H3,(H,23,24)/b10-7+. The highest BCUT2D eigenvalue weighted by Crippen LogP contribution is 2.35. The van der Waals surface area contributed by atoms with E-state index < -0.39 is 12.6 Å². The van der Waals surface area contributed by atoms with Crippen LogP contribution in [0, 0.1) is 0 Å². The number of amides is 1. The van der Waals surface area contributed by atoms with Gasteiger partial charge in [0, 0.05) is 35.9 Å². The molecule has 0 atom stereocenters. The normalized spacial score (nSPS) is 10.4. The first-order chi connectivity index (χ1) is 14.4. The topological polar surface area (TPSA) is 100 Å². The van der Waals surface area contributed by atoms with Gasteiger partial charge in [-0.25, -0.2) is 4.79 Å². The Balaban J connectivity index is 1.99. The minimum absolute atomic E-state index is 0.207. The van der Waals surface area contributed by atoms with Gasteiger partial charge in [0.2, 0.25) is 5.91 Å². The first kappa shape index (κ1) is 22.5. The monoisotopic (exact) mass is 413 g/mol. The molecule has 0 bridgehead atoms. The second kappa shape index (κ2) is 10.7. The average molecular weight is 413 g/mol. The third-order valence-electron chi connectivity index (χ3n) is 4.01. The Morgan fingerprint density at radius 1 is 0.900 bits per heavy atom. The van der Waals surface area contributed by atoms with Gasteiger partial charge in [-0.05, 0) is 36.4 Å². The van der Waals surface area contributed by atoms with E-state index in [-0.39, 0.29) is 11.7 Å². The molecule has 158 valence electrons. The van der Waals surface area contributed by atoms with Crippen molar-refractivity contribution in [1.29, 1.82) is 0 Å². The van der Waals surface area contributed by atoms with Crippen LogP contribution in [0.15, 0.2) is 42.5 Å². The van der Waals surface area contributed by atoms with Gasteiger partial charge in [-0.2, -0.15) is 0 Å². The minimum Gasteiger partial charge on any atom is -0.496 e. The van der Waals surface area contributed by atoms with E-state index in [2.05, 4.69) is 5.32 Å². The van der Waals surface area contributed by atoms with Gasteiger partial charge in [-0.1, -0.05) is 0 Å². The van der Waals surface area contributed by atoms with E-state index in [1.807, 2.05) is 0 Å². The van der Waals surface area contributed by atoms with Crippen LogP contribution >= 0.6 is 0 Å². The van der Waals surface area contributed by atoms with Crippen molar-refractivity contribution in [3.63, 3.8) is 0 Å². The van der Waals surface area contributed by atoms with Crippen LogP contribution in [0.1, 0.15) is 22.8 Å². The number of carbonyl (C=O) groups is 3. The van der Waals surface area contributed by atoms with Gasteiger partial charge in [0.05, 0.1) is 21.3 Å². The van der Waals surface area contributed by atoms with Crippen molar-refractivity contribution in [2.45, 2.75) is 6.92 Å². The van der Waals surface area contributed by atoms with E-state index in [1.54, 1.807) is 36.4 Å². The molecule has 0 fully saturated rings. The molecule has 0 aliphatic rings. The fourth-order valence-corrected chi connectivity index (χ4v) is 2.55. The van der Waals surface area contributed by atoms with Gasteiger partial charge >= 0.3 is 5.97 Å². The Labute approximate surface area is 174 Å². The lowest BCUT2D eigenvalue weighted by Crippen LogP contribution is -2.13.